The van der Waals surface area contributed by atoms with Gasteiger partial charge in [0.1, 0.15) is 11.2 Å². The minimum absolute atomic E-state index is 0.434. The summed E-state index contributed by atoms with van der Waals surface area (Å²) in [7, 11) is 0. The van der Waals surface area contributed by atoms with Gasteiger partial charge in [0.05, 0.1) is 22.1 Å². The van der Waals surface area contributed by atoms with Crippen LogP contribution in [0.15, 0.2) is 156 Å². The van der Waals surface area contributed by atoms with E-state index >= 15 is 0 Å². The molecule has 2 aliphatic rings. The molecule has 0 amide bonds. The second-order valence-corrected chi connectivity index (χ2v) is 12.4. The molecule has 1 aliphatic heterocycles. The van der Waals surface area contributed by atoms with Crippen LogP contribution in [0.5, 0.6) is 0 Å². The molecule has 2 nitrogen and oxygen atoms in total. The lowest BCUT2D eigenvalue weighted by atomic mass is 9.65. The second-order valence-electron chi connectivity index (χ2n) is 12.4. The molecule has 11 rings (SSSR count). The SMILES string of the molecule is c1ccc2c(c1)-c1ccccc1C21c2ccc(-c3cccc4c3oc3ccccc34)cc2-n2c3ccccc3c3cccc1c32. The third-order valence-corrected chi connectivity index (χ3v) is 10.4. The van der Waals surface area contributed by atoms with Gasteiger partial charge in [0.15, 0.2) is 0 Å². The van der Waals surface area contributed by atoms with Gasteiger partial charge in [-0.3, -0.25) is 0 Å². The van der Waals surface area contributed by atoms with E-state index in [4.69, 9.17) is 4.42 Å². The third kappa shape index (κ3) is 2.73. The highest BCUT2D eigenvalue weighted by Gasteiger charge is 2.50. The van der Waals surface area contributed by atoms with Crippen LogP contribution < -0.4 is 0 Å². The van der Waals surface area contributed by atoms with E-state index in [9.17, 15) is 0 Å². The lowest BCUT2D eigenvalue weighted by Gasteiger charge is -2.39. The highest BCUT2D eigenvalue weighted by Crippen LogP contribution is 2.61. The van der Waals surface area contributed by atoms with Crippen molar-refractivity contribution in [1.82, 2.24) is 4.57 Å². The van der Waals surface area contributed by atoms with Gasteiger partial charge in [0.2, 0.25) is 0 Å². The fourth-order valence-corrected chi connectivity index (χ4v) is 8.71. The maximum Gasteiger partial charge on any atom is 0.143 e. The van der Waals surface area contributed by atoms with Crippen molar-refractivity contribution < 1.29 is 4.42 Å². The number of aromatic nitrogens is 1. The second kappa shape index (κ2) is 8.19. The van der Waals surface area contributed by atoms with Crippen molar-refractivity contribution >= 4 is 43.7 Å². The number of rotatable bonds is 1. The minimum atomic E-state index is -0.434. The Morgan fingerprint density at radius 2 is 1.07 bits per heavy atom. The van der Waals surface area contributed by atoms with Crippen molar-refractivity contribution in [2.24, 2.45) is 0 Å². The fourth-order valence-electron chi connectivity index (χ4n) is 8.71. The Labute approximate surface area is 259 Å². The van der Waals surface area contributed by atoms with E-state index in [0.717, 1.165) is 33.1 Å². The van der Waals surface area contributed by atoms with Crippen LogP contribution in [0.1, 0.15) is 22.3 Å². The molecular weight excluding hydrogens is 546 g/mol. The Hall–Kier alpha value is -5.86. The lowest BCUT2D eigenvalue weighted by molar-refractivity contribution is 0.670. The number of para-hydroxylation sites is 4. The molecule has 3 heterocycles. The Morgan fingerprint density at radius 3 is 1.91 bits per heavy atom. The standard InChI is InChI=1S/C43H25NO/c1-5-18-34-28(11-1)29-12-2-6-19-35(29)43(34)36-24-23-26(27-15-9-17-33-31-14-4-8-22-40(31)45-42(27)33)25-39(36)44-38-21-7-3-13-30(38)32-16-10-20-37(43)41(32)44/h1-25H. The van der Waals surface area contributed by atoms with Crippen LogP contribution in [-0.2, 0) is 5.41 Å². The van der Waals surface area contributed by atoms with Crippen molar-refractivity contribution in [1.29, 1.82) is 0 Å². The number of nitrogens with zero attached hydrogens (tertiary/aromatic N) is 1. The maximum atomic E-state index is 6.53. The van der Waals surface area contributed by atoms with Crippen molar-refractivity contribution in [3.63, 3.8) is 0 Å². The molecular formula is C43H25NO. The highest BCUT2D eigenvalue weighted by atomic mass is 16.3. The first-order valence-corrected chi connectivity index (χ1v) is 15.6. The van der Waals surface area contributed by atoms with Gasteiger partial charge in [-0.05, 0) is 57.1 Å². The molecule has 1 spiro atoms. The Bertz CT molecular complexity index is 2670. The Morgan fingerprint density at radius 1 is 0.444 bits per heavy atom. The monoisotopic (exact) mass is 571 g/mol. The van der Waals surface area contributed by atoms with Crippen LogP contribution in [-0.4, -0.2) is 4.57 Å². The molecule has 0 fully saturated rings. The molecule has 9 aromatic rings. The molecule has 0 bridgehead atoms. The molecule has 0 radical (unpaired) electrons. The zero-order chi connectivity index (χ0) is 29.3. The van der Waals surface area contributed by atoms with E-state index in [-0.39, 0.29) is 0 Å². The molecule has 0 unspecified atom stereocenters. The van der Waals surface area contributed by atoms with Crippen molar-refractivity contribution in [2.75, 3.05) is 0 Å². The van der Waals surface area contributed by atoms with Gasteiger partial charge in [0, 0.05) is 27.1 Å². The van der Waals surface area contributed by atoms with Gasteiger partial charge in [0.25, 0.3) is 0 Å². The lowest BCUT2D eigenvalue weighted by Crippen LogP contribution is -2.33. The first-order chi connectivity index (χ1) is 22.3. The molecule has 0 atom stereocenters. The summed E-state index contributed by atoms with van der Waals surface area (Å²) in [5.41, 5.74) is 15.4. The minimum Gasteiger partial charge on any atom is -0.455 e. The van der Waals surface area contributed by atoms with E-state index < -0.39 is 5.41 Å². The predicted molar refractivity (Wildman–Crippen MR) is 184 cm³/mol. The summed E-state index contributed by atoms with van der Waals surface area (Å²) in [6, 6.07) is 55.8. The molecule has 0 saturated carbocycles. The van der Waals surface area contributed by atoms with Gasteiger partial charge in [-0.15, -0.1) is 0 Å². The van der Waals surface area contributed by atoms with Gasteiger partial charge < -0.3 is 8.98 Å². The number of hydrogen-bond donors (Lipinski definition) is 0. The first kappa shape index (κ1) is 23.6. The molecule has 45 heavy (non-hydrogen) atoms. The number of fused-ring (bicyclic) bond motifs is 15. The maximum absolute atomic E-state index is 6.53. The summed E-state index contributed by atoms with van der Waals surface area (Å²) in [6.07, 6.45) is 0. The summed E-state index contributed by atoms with van der Waals surface area (Å²) < 4.78 is 9.05. The van der Waals surface area contributed by atoms with Gasteiger partial charge >= 0.3 is 0 Å². The third-order valence-electron chi connectivity index (χ3n) is 10.4. The summed E-state index contributed by atoms with van der Waals surface area (Å²) in [5, 5.41) is 4.87. The average molecular weight is 572 g/mol. The van der Waals surface area contributed by atoms with Crippen molar-refractivity contribution in [2.45, 2.75) is 5.41 Å². The molecule has 0 N–H and O–H groups in total. The number of benzene rings is 7. The summed E-state index contributed by atoms with van der Waals surface area (Å²) in [4.78, 5) is 0. The molecule has 208 valence electrons. The van der Waals surface area contributed by atoms with E-state index in [1.54, 1.807) is 0 Å². The topological polar surface area (TPSA) is 18.1 Å². The normalized spacial score (nSPS) is 14.0. The quantitative estimate of drug-likeness (QED) is 0.192. The van der Waals surface area contributed by atoms with E-state index in [0.29, 0.717) is 0 Å². The summed E-state index contributed by atoms with van der Waals surface area (Å²) >= 11 is 0. The molecule has 2 heteroatoms. The van der Waals surface area contributed by atoms with Crippen LogP contribution in [0.3, 0.4) is 0 Å². The predicted octanol–water partition coefficient (Wildman–Crippen LogP) is 11.0. The molecule has 7 aromatic carbocycles. The largest absolute Gasteiger partial charge is 0.455 e. The summed E-state index contributed by atoms with van der Waals surface area (Å²) in [5.74, 6) is 0. The first-order valence-electron chi connectivity index (χ1n) is 15.6. The van der Waals surface area contributed by atoms with Crippen LogP contribution in [0.2, 0.25) is 0 Å². The zero-order valence-electron chi connectivity index (χ0n) is 24.3. The number of furan rings is 1. The van der Waals surface area contributed by atoms with Gasteiger partial charge in [-0.1, -0.05) is 133 Å². The van der Waals surface area contributed by atoms with Crippen LogP contribution in [0, 0.1) is 0 Å². The van der Waals surface area contributed by atoms with E-state index in [1.165, 1.54) is 60.9 Å². The smallest absolute Gasteiger partial charge is 0.143 e. The Kier molecular flexibility index (Phi) is 4.29. The molecule has 1 aliphatic carbocycles. The fraction of sp³-hybridized carbons (Fsp3) is 0.0233. The Balaban J connectivity index is 1.32. The van der Waals surface area contributed by atoms with Gasteiger partial charge in [-0.25, -0.2) is 0 Å². The highest BCUT2D eigenvalue weighted by molar-refractivity contribution is 6.13. The van der Waals surface area contributed by atoms with Crippen molar-refractivity contribution in [3.05, 3.63) is 174 Å². The molecule has 0 saturated heterocycles. The summed E-state index contributed by atoms with van der Waals surface area (Å²) in [6.45, 7) is 0. The van der Waals surface area contributed by atoms with Gasteiger partial charge in [-0.2, -0.15) is 0 Å². The van der Waals surface area contributed by atoms with E-state index in [2.05, 4.69) is 150 Å². The van der Waals surface area contributed by atoms with E-state index in [1.807, 2.05) is 6.07 Å². The van der Waals surface area contributed by atoms with Crippen LogP contribution in [0.25, 0.3) is 71.7 Å². The zero-order valence-corrected chi connectivity index (χ0v) is 24.3. The molecule has 2 aromatic heterocycles. The van der Waals surface area contributed by atoms with Crippen LogP contribution >= 0.6 is 0 Å². The van der Waals surface area contributed by atoms with Crippen LogP contribution in [0.4, 0.5) is 0 Å². The number of hydrogen-bond acceptors (Lipinski definition) is 1. The average Bonchev–Trinajstić information content (AvgIpc) is 3.75. The van der Waals surface area contributed by atoms with Crippen molar-refractivity contribution in [3.8, 4) is 27.9 Å².